The number of aliphatic hydroxyl groups is 1. The average molecular weight is 195 g/mol. The molecule has 0 aliphatic rings. The number of ether oxygens (including phenoxy) is 1. The van der Waals surface area contributed by atoms with Crippen LogP contribution in [-0.2, 0) is 6.61 Å². The second-order valence-corrected chi connectivity index (χ2v) is 3.36. The van der Waals surface area contributed by atoms with Crippen LogP contribution in [0.3, 0.4) is 0 Å². The van der Waals surface area contributed by atoms with Crippen LogP contribution in [0.15, 0.2) is 18.3 Å². The molecule has 3 nitrogen and oxygen atoms in total. The van der Waals surface area contributed by atoms with Crippen LogP contribution in [0.25, 0.3) is 0 Å². The normalized spacial score (nSPS) is 12.5. The van der Waals surface area contributed by atoms with Crippen LogP contribution in [0.1, 0.15) is 32.4 Å². The molecule has 0 fully saturated rings. The Balaban J connectivity index is 2.57. The molecule has 0 aliphatic carbocycles. The van der Waals surface area contributed by atoms with Crippen LogP contribution >= 0.6 is 0 Å². The van der Waals surface area contributed by atoms with E-state index in [2.05, 4.69) is 11.9 Å². The fourth-order valence-electron chi connectivity index (χ4n) is 1.31. The number of hydrogen-bond acceptors (Lipinski definition) is 3. The number of nitrogens with zero attached hydrogens (tertiary/aromatic N) is 1. The Morgan fingerprint density at radius 2 is 2.36 bits per heavy atom. The van der Waals surface area contributed by atoms with E-state index in [1.165, 1.54) is 0 Å². The number of aromatic nitrogens is 1. The van der Waals surface area contributed by atoms with Crippen LogP contribution in [0.4, 0.5) is 0 Å². The van der Waals surface area contributed by atoms with Crippen molar-refractivity contribution < 1.29 is 9.84 Å². The Morgan fingerprint density at radius 3 is 3.00 bits per heavy atom. The number of aliphatic hydroxyl groups excluding tert-OH is 1. The van der Waals surface area contributed by atoms with E-state index in [1.54, 1.807) is 12.3 Å². The van der Waals surface area contributed by atoms with Crippen LogP contribution in [0, 0.1) is 0 Å². The molecule has 1 atom stereocenters. The zero-order chi connectivity index (χ0) is 10.4. The van der Waals surface area contributed by atoms with Crippen molar-refractivity contribution in [1.82, 2.24) is 4.98 Å². The zero-order valence-corrected chi connectivity index (χ0v) is 8.73. The van der Waals surface area contributed by atoms with E-state index in [0.717, 1.165) is 18.6 Å². The van der Waals surface area contributed by atoms with E-state index in [9.17, 15) is 0 Å². The predicted octanol–water partition coefficient (Wildman–Crippen LogP) is 2.14. The molecule has 14 heavy (non-hydrogen) atoms. The second kappa shape index (κ2) is 5.60. The Kier molecular flexibility index (Phi) is 4.40. The molecule has 0 aromatic carbocycles. The van der Waals surface area contributed by atoms with Gasteiger partial charge in [-0.25, -0.2) is 0 Å². The van der Waals surface area contributed by atoms with E-state index in [1.807, 2.05) is 13.0 Å². The van der Waals surface area contributed by atoms with Gasteiger partial charge in [0.15, 0.2) is 0 Å². The minimum Gasteiger partial charge on any atom is -0.491 e. The lowest BCUT2D eigenvalue weighted by molar-refractivity contribution is 0.208. The summed E-state index contributed by atoms with van der Waals surface area (Å²) >= 11 is 0. The van der Waals surface area contributed by atoms with Crippen molar-refractivity contribution in [2.45, 2.75) is 39.4 Å². The molecule has 3 heteroatoms. The molecule has 0 saturated heterocycles. The maximum absolute atomic E-state index is 8.88. The van der Waals surface area contributed by atoms with E-state index in [-0.39, 0.29) is 12.7 Å². The molecule has 1 aromatic heterocycles. The van der Waals surface area contributed by atoms with Crippen molar-refractivity contribution in [3.63, 3.8) is 0 Å². The van der Waals surface area contributed by atoms with Gasteiger partial charge in [-0.2, -0.15) is 0 Å². The highest BCUT2D eigenvalue weighted by molar-refractivity contribution is 5.22. The summed E-state index contributed by atoms with van der Waals surface area (Å²) in [4.78, 5) is 3.98. The van der Waals surface area contributed by atoms with Crippen molar-refractivity contribution in [3.05, 3.63) is 24.0 Å². The summed E-state index contributed by atoms with van der Waals surface area (Å²) < 4.78 is 5.65. The summed E-state index contributed by atoms with van der Waals surface area (Å²) in [6.45, 7) is 4.13. The van der Waals surface area contributed by atoms with Crippen molar-refractivity contribution >= 4 is 0 Å². The van der Waals surface area contributed by atoms with Gasteiger partial charge in [-0.1, -0.05) is 13.3 Å². The highest BCUT2D eigenvalue weighted by Gasteiger charge is 2.03. The lowest BCUT2D eigenvalue weighted by Crippen LogP contribution is -2.11. The van der Waals surface area contributed by atoms with Crippen molar-refractivity contribution in [3.8, 4) is 5.75 Å². The molecule has 0 radical (unpaired) electrons. The van der Waals surface area contributed by atoms with E-state index >= 15 is 0 Å². The molecule has 0 saturated carbocycles. The summed E-state index contributed by atoms with van der Waals surface area (Å²) in [6.07, 6.45) is 4.02. The standard InChI is InChI=1S/C11H17NO2/c1-3-4-9(2)14-11-5-6-12-10(7-11)8-13/h5-7,9,13H,3-4,8H2,1-2H3. The third-order valence-electron chi connectivity index (χ3n) is 1.98. The molecule has 0 spiro atoms. The van der Waals surface area contributed by atoms with E-state index in [4.69, 9.17) is 9.84 Å². The van der Waals surface area contributed by atoms with E-state index in [0.29, 0.717) is 5.69 Å². The third kappa shape index (κ3) is 3.34. The SMILES string of the molecule is CCCC(C)Oc1ccnc(CO)c1. The largest absolute Gasteiger partial charge is 0.491 e. The lowest BCUT2D eigenvalue weighted by atomic mass is 10.2. The highest BCUT2D eigenvalue weighted by atomic mass is 16.5. The molecular weight excluding hydrogens is 178 g/mol. The van der Waals surface area contributed by atoms with Gasteiger partial charge < -0.3 is 9.84 Å². The summed E-state index contributed by atoms with van der Waals surface area (Å²) in [5.41, 5.74) is 0.645. The summed E-state index contributed by atoms with van der Waals surface area (Å²) in [7, 11) is 0. The number of rotatable bonds is 5. The molecule has 1 unspecified atom stereocenters. The lowest BCUT2D eigenvalue weighted by Gasteiger charge is -2.13. The van der Waals surface area contributed by atoms with Gasteiger partial charge in [0.1, 0.15) is 5.75 Å². The van der Waals surface area contributed by atoms with Gasteiger partial charge in [-0.05, 0) is 19.4 Å². The predicted molar refractivity (Wildman–Crippen MR) is 55.2 cm³/mol. The summed E-state index contributed by atoms with van der Waals surface area (Å²) in [5.74, 6) is 0.782. The smallest absolute Gasteiger partial charge is 0.123 e. The van der Waals surface area contributed by atoms with Crippen molar-refractivity contribution in [2.75, 3.05) is 0 Å². The molecule has 0 amide bonds. The van der Waals surface area contributed by atoms with Gasteiger partial charge >= 0.3 is 0 Å². The van der Waals surface area contributed by atoms with Gasteiger partial charge in [0.2, 0.25) is 0 Å². The maximum atomic E-state index is 8.88. The van der Waals surface area contributed by atoms with Crippen LogP contribution < -0.4 is 4.74 Å². The summed E-state index contributed by atoms with van der Waals surface area (Å²) in [6, 6.07) is 3.58. The Hall–Kier alpha value is -1.09. The van der Waals surface area contributed by atoms with E-state index < -0.39 is 0 Å². The molecule has 1 N–H and O–H groups in total. The number of pyridine rings is 1. The van der Waals surface area contributed by atoms with Gasteiger partial charge in [0, 0.05) is 12.3 Å². The fraction of sp³-hybridized carbons (Fsp3) is 0.545. The monoisotopic (exact) mass is 195 g/mol. The minimum atomic E-state index is -0.0423. The molecule has 78 valence electrons. The Morgan fingerprint density at radius 1 is 1.57 bits per heavy atom. The third-order valence-corrected chi connectivity index (χ3v) is 1.98. The van der Waals surface area contributed by atoms with Gasteiger partial charge in [-0.15, -0.1) is 0 Å². The first-order valence-corrected chi connectivity index (χ1v) is 4.98. The van der Waals surface area contributed by atoms with Crippen LogP contribution in [0.5, 0.6) is 5.75 Å². The molecule has 1 heterocycles. The Labute approximate surface area is 84.7 Å². The molecule has 0 bridgehead atoms. The number of hydrogen-bond donors (Lipinski definition) is 1. The van der Waals surface area contributed by atoms with Gasteiger partial charge in [-0.3, -0.25) is 4.98 Å². The molecule has 0 aliphatic heterocycles. The average Bonchev–Trinajstić information content (AvgIpc) is 2.18. The zero-order valence-electron chi connectivity index (χ0n) is 8.73. The van der Waals surface area contributed by atoms with Crippen molar-refractivity contribution in [2.24, 2.45) is 0 Å². The quantitative estimate of drug-likeness (QED) is 0.782. The first-order chi connectivity index (χ1) is 6.76. The van der Waals surface area contributed by atoms with Crippen molar-refractivity contribution in [1.29, 1.82) is 0 Å². The first-order valence-electron chi connectivity index (χ1n) is 4.98. The molecule has 1 rings (SSSR count). The van der Waals surface area contributed by atoms with Gasteiger partial charge in [0.25, 0.3) is 0 Å². The highest BCUT2D eigenvalue weighted by Crippen LogP contribution is 2.14. The molecular formula is C11H17NO2. The summed E-state index contributed by atoms with van der Waals surface area (Å²) in [5, 5.41) is 8.88. The van der Waals surface area contributed by atoms with Crippen LogP contribution in [-0.4, -0.2) is 16.2 Å². The second-order valence-electron chi connectivity index (χ2n) is 3.36. The fourth-order valence-corrected chi connectivity index (χ4v) is 1.31. The maximum Gasteiger partial charge on any atom is 0.123 e. The van der Waals surface area contributed by atoms with Crippen LogP contribution in [0.2, 0.25) is 0 Å². The Bertz CT molecular complexity index is 276. The minimum absolute atomic E-state index is 0.0423. The van der Waals surface area contributed by atoms with Gasteiger partial charge in [0.05, 0.1) is 18.4 Å². The first kappa shape index (κ1) is 11.0. The molecule has 1 aromatic rings. The topological polar surface area (TPSA) is 42.4 Å².